The van der Waals surface area contributed by atoms with Gasteiger partial charge >= 0.3 is 0 Å². The van der Waals surface area contributed by atoms with Gasteiger partial charge < -0.3 is 10.1 Å². The predicted molar refractivity (Wildman–Crippen MR) is 134 cm³/mol. The van der Waals surface area contributed by atoms with Crippen LogP contribution in [0.5, 0.6) is 5.75 Å². The zero-order chi connectivity index (χ0) is 23.4. The highest BCUT2D eigenvalue weighted by atomic mass is 32.1. The van der Waals surface area contributed by atoms with Crippen LogP contribution in [0, 0.1) is 0 Å². The van der Waals surface area contributed by atoms with E-state index in [4.69, 9.17) is 4.74 Å². The van der Waals surface area contributed by atoms with E-state index >= 15 is 0 Å². The number of benzene rings is 2. The summed E-state index contributed by atoms with van der Waals surface area (Å²) in [5, 5.41) is 5.40. The number of thiophene rings is 1. The summed E-state index contributed by atoms with van der Waals surface area (Å²) in [4.78, 5) is 31.1. The molecule has 2 heterocycles. The Morgan fingerprint density at radius 1 is 1.15 bits per heavy atom. The minimum atomic E-state index is -0.263. The molecule has 2 aromatic carbocycles. The van der Waals surface area contributed by atoms with Crippen molar-refractivity contribution in [2.45, 2.75) is 39.7 Å². The topological polar surface area (TPSA) is 73.2 Å². The van der Waals surface area contributed by atoms with Crippen molar-refractivity contribution in [1.29, 1.82) is 0 Å². The number of carbonyl (C=O) groups excluding carboxylic acids is 1. The van der Waals surface area contributed by atoms with Crippen molar-refractivity contribution in [2.75, 3.05) is 11.9 Å². The lowest BCUT2D eigenvalue weighted by Gasteiger charge is -2.14. The Kier molecular flexibility index (Phi) is 6.89. The number of rotatable bonds is 8. The van der Waals surface area contributed by atoms with Crippen molar-refractivity contribution in [3.05, 3.63) is 76.2 Å². The van der Waals surface area contributed by atoms with Gasteiger partial charge in [-0.1, -0.05) is 51.1 Å². The number of ether oxygens (including phenoxy) is 1. The highest BCUT2D eigenvalue weighted by Gasteiger charge is 2.16. The quantitative estimate of drug-likeness (QED) is 0.367. The number of carbonyl (C=O) groups is 1. The second-order valence-electron chi connectivity index (χ2n) is 8.17. The van der Waals surface area contributed by atoms with E-state index in [1.807, 2.05) is 53.9 Å². The maximum Gasteiger partial charge on any atom is 0.263 e. The van der Waals surface area contributed by atoms with E-state index in [9.17, 15) is 9.59 Å². The average Bonchev–Trinajstić information content (AvgIpc) is 3.25. The minimum Gasteiger partial charge on any atom is -0.494 e. The first kappa shape index (κ1) is 22.7. The molecule has 6 nitrogen and oxygen atoms in total. The van der Waals surface area contributed by atoms with Gasteiger partial charge in [-0.25, -0.2) is 4.98 Å². The van der Waals surface area contributed by atoms with Gasteiger partial charge in [0.1, 0.15) is 17.1 Å². The summed E-state index contributed by atoms with van der Waals surface area (Å²) in [5.41, 5.74) is 3.32. The molecule has 0 radical (unpaired) electrons. The third-order valence-corrected chi connectivity index (χ3v) is 6.26. The van der Waals surface area contributed by atoms with Crippen LogP contribution in [0.25, 0.3) is 21.3 Å². The van der Waals surface area contributed by atoms with Gasteiger partial charge in [0.15, 0.2) is 0 Å². The Hall–Kier alpha value is -3.45. The summed E-state index contributed by atoms with van der Waals surface area (Å²) in [6, 6.07) is 15.4. The first-order chi connectivity index (χ1) is 16.0. The Bertz CT molecular complexity index is 1320. The van der Waals surface area contributed by atoms with Gasteiger partial charge in [-0.3, -0.25) is 14.2 Å². The number of hydrogen-bond acceptors (Lipinski definition) is 5. The molecule has 0 bridgehead atoms. The van der Waals surface area contributed by atoms with Crippen LogP contribution in [0.4, 0.5) is 5.69 Å². The van der Waals surface area contributed by atoms with Crippen LogP contribution in [0.3, 0.4) is 0 Å². The molecule has 170 valence electrons. The number of anilines is 1. The fraction of sp³-hybridized carbons (Fsp3) is 0.269. The number of fused-ring (bicyclic) bond motifs is 1. The van der Waals surface area contributed by atoms with Gasteiger partial charge in [-0.2, -0.15) is 0 Å². The zero-order valence-electron chi connectivity index (χ0n) is 19.0. The fourth-order valence-corrected chi connectivity index (χ4v) is 4.61. The highest BCUT2D eigenvalue weighted by Crippen LogP contribution is 2.31. The first-order valence-corrected chi connectivity index (χ1v) is 11.9. The molecular formula is C26H27N3O3S. The van der Waals surface area contributed by atoms with Crippen molar-refractivity contribution in [3.63, 3.8) is 0 Å². The van der Waals surface area contributed by atoms with Crippen molar-refractivity contribution in [1.82, 2.24) is 9.55 Å². The lowest BCUT2D eigenvalue weighted by molar-refractivity contribution is -0.116. The molecule has 0 saturated carbocycles. The van der Waals surface area contributed by atoms with Crippen LogP contribution >= 0.6 is 11.3 Å². The van der Waals surface area contributed by atoms with Gasteiger partial charge in [0.05, 0.1) is 18.3 Å². The standard InChI is InChI=1S/C26H27N3O3S/c1-4-13-32-19-11-9-18(10-12-19)21-15-33-25-24(21)26(31)29(16-27-25)14-23(30)28-22-8-6-5-7-20(22)17(2)3/h5-12,15-17H,4,13-14H2,1-3H3,(H,28,30). The van der Waals surface area contributed by atoms with Crippen molar-refractivity contribution < 1.29 is 9.53 Å². The second-order valence-corrected chi connectivity index (χ2v) is 9.03. The maximum atomic E-state index is 13.3. The molecular weight excluding hydrogens is 434 g/mol. The molecule has 1 amide bonds. The fourth-order valence-electron chi connectivity index (χ4n) is 3.70. The monoisotopic (exact) mass is 461 g/mol. The van der Waals surface area contributed by atoms with Crippen molar-refractivity contribution >= 4 is 33.1 Å². The van der Waals surface area contributed by atoms with E-state index in [-0.39, 0.29) is 23.9 Å². The van der Waals surface area contributed by atoms with Gasteiger partial charge in [-0.05, 0) is 41.7 Å². The molecule has 33 heavy (non-hydrogen) atoms. The molecule has 0 unspecified atom stereocenters. The molecule has 2 aromatic heterocycles. The third-order valence-electron chi connectivity index (χ3n) is 5.37. The normalized spacial score (nSPS) is 11.2. The van der Waals surface area contributed by atoms with Gasteiger partial charge in [0.2, 0.25) is 5.91 Å². The largest absolute Gasteiger partial charge is 0.494 e. The van der Waals surface area contributed by atoms with Gasteiger partial charge in [-0.15, -0.1) is 11.3 Å². The summed E-state index contributed by atoms with van der Waals surface area (Å²) in [6.45, 7) is 6.78. The van der Waals surface area contributed by atoms with E-state index in [2.05, 4.69) is 31.1 Å². The van der Waals surface area contributed by atoms with Crippen LogP contribution in [0.1, 0.15) is 38.7 Å². The molecule has 4 aromatic rings. The molecule has 7 heteroatoms. The van der Waals surface area contributed by atoms with E-state index in [1.165, 1.54) is 22.2 Å². The number of nitrogens with one attached hydrogen (secondary N) is 1. The summed E-state index contributed by atoms with van der Waals surface area (Å²) >= 11 is 1.42. The third kappa shape index (κ3) is 4.98. The number of hydrogen-bond donors (Lipinski definition) is 1. The lowest BCUT2D eigenvalue weighted by Crippen LogP contribution is -2.28. The highest BCUT2D eigenvalue weighted by molar-refractivity contribution is 7.17. The molecule has 0 saturated heterocycles. The van der Waals surface area contributed by atoms with Crippen LogP contribution in [0.2, 0.25) is 0 Å². The number of amides is 1. The Labute approximate surface area is 196 Å². The molecule has 0 fully saturated rings. The van der Waals surface area contributed by atoms with E-state index in [0.29, 0.717) is 16.8 Å². The van der Waals surface area contributed by atoms with Gasteiger partial charge in [0.25, 0.3) is 5.56 Å². The SMILES string of the molecule is CCCOc1ccc(-c2csc3ncn(CC(=O)Nc4ccccc4C(C)C)c(=O)c23)cc1. The van der Waals surface area contributed by atoms with Crippen LogP contribution in [-0.4, -0.2) is 22.1 Å². The number of para-hydroxylation sites is 1. The van der Waals surface area contributed by atoms with E-state index in [1.54, 1.807) is 0 Å². The van der Waals surface area contributed by atoms with Crippen LogP contribution < -0.4 is 15.6 Å². The number of nitrogens with zero attached hydrogens (tertiary/aromatic N) is 2. The van der Waals surface area contributed by atoms with Crippen molar-refractivity contribution in [2.24, 2.45) is 0 Å². The lowest BCUT2D eigenvalue weighted by atomic mass is 10.0. The maximum absolute atomic E-state index is 13.3. The van der Waals surface area contributed by atoms with Crippen LogP contribution in [0.15, 0.2) is 65.0 Å². The number of aromatic nitrogens is 2. The van der Waals surface area contributed by atoms with Gasteiger partial charge in [0, 0.05) is 16.6 Å². The molecule has 0 atom stereocenters. The summed E-state index contributed by atoms with van der Waals surface area (Å²) in [6.07, 6.45) is 2.39. The zero-order valence-corrected chi connectivity index (χ0v) is 19.8. The molecule has 0 spiro atoms. The van der Waals surface area contributed by atoms with E-state index in [0.717, 1.165) is 34.5 Å². The summed E-state index contributed by atoms with van der Waals surface area (Å²) < 4.78 is 7.02. The molecule has 0 aliphatic rings. The first-order valence-electron chi connectivity index (χ1n) is 11.1. The van der Waals surface area contributed by atoms with Crippen LogP contribution in [-0.2, 0) is 11.3 Å². The molecule has 0 aliphatic carbocycles. The molecule has 1 N–H and O–H groups in total. The Balaban J connectivity index is 1.60. The second kappa shape index (κ2) is 10.0. The molecule has 0 aliphatic heterocycles. The Morgan fingerprint density at radius 3 is 2.64 bits per heavy atom. The van der Waals surface area contributed by atoms with Crippen molar-refractivity contribution in [3.8, 4) is 16.9 Å². The smallest absolute Gasteiger partial charge is 0.263 e. The summed E-state index contributed by atoms with van der Waals surface area (Å²) in [5.74, 6) is 0.809. The Morgan fingerprint density at radius 2 is 1.91 bits per heavy atom. The molecule has 4 rings (SSSR count). The minimum absolute atomic E-state index is 0.104. The summed E-state index contributed by atoms with van der Waals surface area (Å²) in [7, 11) is 0. The average molecular weight is 462 g/mol. The predicted octanol–water partition coefficient (Wildman–Crippen LogP) is 5.68. The van der Waals surface area contributed by atoms with E-state index < -0.39 is 0 Å².